The highest BCUT2D eigenvalue weighted by atomic mass is 16.5. The molecule has 3 heterocycles. The van der Waals surface area contributed by atoms with E-state index in [0.29, 0.717) is 18.5 Å². The summed E-state index contributed by atoms with van der Waals surface area (Å²) in [5, 5.41) is 2.32. The SMILES string of the molecule is CC(C)c1cccc(C(C)C)c1-c1ccc2c(c1)N(c1cc(Oc3ccc4c5ccccc5n(-c5cc(C(C)(C)c6ccccc6)ccn5)c4c3)cc(C(C)(C)c3ccccc3)c1)CN2c1cccc(C(C)(C)C)c1. The van der Waals surface area contributed by atoms with E-state index in [4.69, 9.17) is 9.72 Å². The number of anilines is 4. The van der Waals surface area contributed by atoms with Crippen molar-refractivity contribution in [3.05, 3.63) is 239 Å². The fraction of sp³-hybridized carbons (Fsp3) is 0.243. The molecule has 0 atom stereocenters. The number of para-hydroxylation sites is 1. The second-order valence-electron chi connectivity index (χ2n) is 23.4. The Labute approximate surface area is 445 Å². The van der Waals surface area contributed by atoms with E-state index < -0.39 is 0 Å². The number of ether oxygens (including phenoxy) is 1. The Morgan fingerprint density at radius 2 is 1.04 bits per heavy atom. The number of rotatable bonds is 12. The summed E-state index contributed by atoms with van der Waals surface area (Å²) < 4.78 is 9.54. The molecule has 0 saturated heterocycles. The highest BCUT2D eigenvalue weighted by Crippen LogP contribution is 2.50. The summed E-state index contributed by atoms with van der Waals surface area (Å²) in [6.07, 6.45) is 1.95. The van der Waals surface area contributed by atoms with Crippen LogP contribution in [0.4, 0.5) is 22.7 Å². The van der Waals surface area contributed by atoms with Gasteiger partial charge in [-0.05, 0) is 134 Å². The lowest BCUT2D eigenvalue weighted by molar-refractivity contribution is 0.480. The van der Waals surface area contributed by atoms with E-state index in [1.54, 1.807) is 0 Å². The van der Waals surface area contributed by atoms with E-state index >= 15 is 0 Å². The molecule has 1 aliphatic rings. The molecule has 0 saturated carbocycles. The van der Waals surface area contributed by atoms with Gasteiger partial charge in [-0.25, -0.2) is 4.98 Å². The minimum absolute atomic E-state index is 0.00326. The third-order valence-electron chi connectivity index (χ3n) is 16.0. The molecule has 376 valence electrons. The monoisotopic (exact) mass is 983 g/mol. The lowest BCUT2D eigenvalue weighted by Crippen LogP contribution is -2.25. The second-order valence-corrected chi connectivity index (χ2v) is 23.4. The summed E-state index contributed by atoms with van der Waals surface area (Å²) in [7, 11) is 0. The lowest BCUT2D eigenvalue weighted by atomic mass is 9.78. The van der Waals surface area contributed by atoms with Gasteiger partial charge in [0.25, 0.3) is 0 Å². The number of hydrogen-bond donors (Lipinski definition) is 0. The van der Waals surface area contributed by atoms with Crippen LogP contribution in [0.5, 0.6) is 11.5 Å². The average Bonchev–Trinajstić information content (AvgIpc) is 3.96. The number of fused-ring (bicyclic) bond motifs is 4. The van der Waals surface area contributed by atoms with E-state index in [9.17, 15) is 0 Å². The fourth-order valence-electron chi connectivity index (χ4n) is 11.4. The molecule has 10 aromatic rings. The van der Waals surface area contributed by atoms with Gasteiger partial charge in [-0.3, -0.25) is 4.57 Å². The standard InChI is InChI=1S/C70H70N4O/c1-46(2)58-29-21-30-59(47(3)4)67(58)48-32-35-63-65(38-48)73(45-72(63)54-27-20-26-51(39-54)68(5,6)7)55-40-53(70(10,11)50-24-16-13-17-25-50)41-57(43-55)75-56-33-34-61-60-28-18-19-31-62(60)74(64(61)44-56)66-42-52(36-37-71-66)69(8,9)49-22-14-12-15-23-49/h12-44,46-47H,45H2,1-11H3. The smallest absolute Gasteiger partial charge is 0.137 e. The fourth-order valence-corrected chi connectivity index (χ4v) is 11.4. The van der Waals surface area contributed by atoms with Crippen molar-refractivity contribution < 1.29 is 4.74 Å². The van der Waals surface area contributed by atoms with Gasteiger partial charge in [0.2, 0.25) is 0 Å². The van der Waals surface area contributed by atoms with Crippen LogP contribution < -0.4 is 14.5 Å². The summed E-state index contributed by atoms with van der Waals surface area (Å²) in [5.41, 5.74) is 17.6. The zero-order valence-electron chi connectivity index (χ0n) is 45.6. The van der Waals surface area contributed by atoms with Crippen LogP contribution in [0.3, 0.4) is 0 Å². The molecule has 2 aromatic heterocycles. The van der Waals surface area contributed by atoms with Crippen molar-refractivity contribution in [1.82, 2.24) is 9.55 Å². The number of nitrogens with zero attached hydrogens (tertiary/aromatic N) is 4. The molecule has 0 bridgehead atoms. The molecular weight excluding hydrogens is 913 g/mol. The molecule has 0 radical (unpaired) electrons. The number of hydrogen-bond acceptors (Lipinski definition) is 4. The zero-order valence-corrected chi connectivity index (χ0v) is 45.6. The molecular formula is C70H70N4O. The van der Waals surface area contributed by atoms with Crippen LogP contribution in [0.1, 0.15) is 127 Å². The Morgan fingerprint density at radius 3 is 1.72 bits per heavy atom. The molecule has 1 aliphatic heterocycles. The maximum atomic E-state index is 7.24. The first-order valence-electron chi connectivity index (χ1n) is 26.8. The molecule has 0 fully saturated rings. The van der Waals surface area contributed by atoms with E-state index in [1.807, 2.05) is 6.20 Å². The predicted molar refractivity (Wildman–Crippen MR) is 317 cm³/mol. The molecule has 0 aliphatic carbocycles. The van der Waals surface area contributed by atoms with Crippen molar-refractivity contribution in [3.63, 3.8) is 0 Å². The Balaban J connectivity index is 1.07. The molecule has 0 spiro atoms. The molecule has 0 unspecified atom stereocenters. The quantitative estimate of drug-likeness (QED) is 0.122. The predicted octanol–water partition coefficient (Wildman–Crippen LogP) is 19.1. The summed E-state index contributed by atoms with van der Waals surface area (Å²) in [5.74, 6) is 3.13. The maximum Gasteiger partial charge on any atom is 0.137 e. The van der Waals surface area contributed by atoms with Crippen LogP contribution in [-0.2, 0) is 16.2 Å². The van der Waals surface area contributed by atoms with Gasteiger partial charge in [-0.15, -0.1) is 0 Å². The lowest BCUT2D eigenvalue weighted by Gasteiger charge is -2.29. The van der Waals surface area contributed by atoms with Crippen molar-refractivity contribution in [3.8, 4) is 28.4 Å². The van der Waals surface area contributed by atoms with Gasteiger partial charge in [0, 0.05) is 51.3 Å². The van der Waals surface area contributed by atoms with Crippen LogP contribution >= 0.6 is 0 Å². The largest absolute Gasteiger partial charge is 0.457 e. The van der Waals surface area contributed by atoms with Crippen molar-refractivity contribution in [1.29, 1.82) is 0 Å². The first-order chi connectivity index (χ1) is 36.0. The number of benzene rings is 8. The van der Waals surface area contributed by atoms with E-state index in [1.165, 1.54) is 67.0 Å². The molecule has 5 nitrogen and oxygen atoms in total. The first-order valence-corrected chi connectivity index (χ1v) is 26.8. The average molecular weight is 983 g/mol. The summed E-state index contributed by atoms with van der Waals surface area (Å²) >= 11 is 0. The van der Waals surface area contributed by atoms with Crippen molar-refractivity contribution in [2.45, 2.75) is 104 Å². The minimum Gasteiger partial charge on any atom is -0.457 e. The molecule has 75 heavy (non-hydrogen) atoms. The van der Waals surface area contributed by atoms with Crippen molar-refractivity contribution in [2.24, 2.45) is 0 Å². The second kappa shape index (κ2) is 19.1. The van der Waals surface area contributed by atoms with E-state index in [-0.39, 0.29) is 16.2 Å². The van der Waals surface area contributed by atoms with Crippen molar-refractivity contribution in [2.75, 3.05) is 16.5 Å². The van der Waals surface area contributed by atoms with Crippen molar-refractivity contribution >= 4 is 44.6 Å². The van der Waals surface area contributed by atoms with Crippen LogP contribution in [0.15, 0.2) is 200 Å². The van der Waals surface area contributed by atoms with Crippen LogP contribution in [0.2, 0.25) is 0 Å². The molecule has 11 rings (SSSR count). The topological polar surface area (TPSA) is 33.5 Å². The summed E-state index contributed by atoms with van der Waals surface area (Å²) in [6.45, 7) is 26.0. The zero-order chi connectivity index (χ0) is 52.4. The van der Waals surface area contributed by atoms with E-state index in [2.05, 4.69) is 285 Å². The third kappa shape index (κ3) is 9.07. The highest BCUT2D eigenvalue weighted by molar-refractivity contribution is 6.09. The maximum absolute atomic E-state index is 7.24. The van der Waals surface area contributed by atoms with Crippen LogP contribution in [0.25, 0.3) is 38.8 Å². The van der Waals surface area contributed by atoms with Gasteiger partial charge in [0.1, 0.15) is 24.0 Å². The Bertz CT molecular complexity index is 3700. The number of aromatic nitrogens is 2. The molecule has 0 N–H and O–H groups in total. The third-order valence-corrected chi connectivity index (χ3v) is 16.0. The van der Waals surface area contributed by atoms with Gasteiger partial charge in [-0.1, -0.05) is 191 Å². The van der Waals surface area contributed by atoms with Gasteiger partial charge in [-0.2, -0.15) is 0 Å². The Hall–Kier alpha value is -7.89. The highest BCUT2D eigenvalue weighted by Gasteiger charge is 2.33. The molecule has 5 heteroatoms. The Kier molecular flexibility index (Phi) is 12.6. The van der Waals surface area contributed by atoms with Gasteiger partial charge in [0.05, 0.1) is 22.4 Å². The number of pyridine rings is 1. The van der Waals surface area contributed by atoms with Crippen LogP contribution in [-0.4, -0.2) is 16.2 Å². The molecule has 8 aromatic carbocycles. The normalized spacial score (nSPS) is 13.1. The molecule has 0 amide bonds. The van der Waals surface area contributed by atoms with Gasteiger partial charge in [0.15, 0.2) is 0 Å². The summed E-state index contributed by atoms with van der Waals surface area (Å²) in [4.78, 5) is 10.0. The minimum atomic E-state index is -0.358. The Morgan fingerprint density at radius 1 is 0.440 bits per heavy atom. The van der Waals surface area contributed by atoms with Gasteiger partial charge >= 0.3 is 0 Å². The first kappa shape index (κ1) is 49.3. The van der Waals surface area contributed by atoms with Crippen LogP contribution in [0, 0.1) is 0 Å². The van der Waals surface area contributed by atoms with E-state index in [0.717, 1.165) is 45.0 Å². The summed E-state index contributed by atoms with van der Waals surface area (Å²) in [6, 6.07) is 71.2. The van der Waals surface area contributed by atoms with Gasteiger partial charge < -0.3 is 14.5 Å².